The van der Waals surface area contributed by atoms with Gasteiger partial charge < -0.3 is 9.73 Å². The quantitative estimate of drug-likeness (QED) is 0.558. The minimum atomic E-state index is -4.06. The van der Waals surface area contributed by atoms with Crippen LogP contribution in [0.5, 0.6) is 0 Å². The molecule has 8 heteroatoms. The summed E-state index contributed by atoms with van der Waals surface area (Å²) in [6.07, 6.45) is 2.95. The van der Waals surface area contributed by atoms with Crippen molar-refractivity contribution in [2.75, 3.05) is 4.72 Å². The Morgan fingerprint density at radius 2 is 1.90 bits per heavy atom. The van der Waals surface area contributed by atoms with Gasteiger partial charge in [0.05, 0.1) is 16.8 Å². The first-order valence-electron chi connectivity index (χ1n) is 9.47. The predicted octanol–water partition coefficient (Wildman–Crippen LogP) is 4.28. The number of furan rings is 1. The molecule has 1 heterocycles. The molecule has 2 N–H and O–H groups in total. The molecular weight excluding hydrogens is 407 g/mol. The van der Waals surface area contributed by atoms with Gasteiger partial charge in [-0.05, 0) is 62.2 Å². The van der Waals surface area contributed by atoms with Gasteiger partial charge in [-0.3, -0.25) is 9.52 Å². The maximum absolute atomic E-state index is 13.8. The molecule has 158 valence electrons. The van der Waals surface area contributed by atoms with E-state index in [-0.39, 0.29) is 28.1 Å². The highest BCUT2D eigenvalue weighted by Crippen LogP contribution is 2.21. The van der Waals surface area contributed by atoms with Crippen LogP contribution in [-0.4, -0.2) is 20.4 Å². The fraction of sp³-hybridized carbons (Fsp3) is 0.227. The molecule has 0 aliphatic carbocycles. The Balaban J connectivity index is 1.73. The molecule has 3 rings (SSSR count). The second-order valence-corrected chi connectivity index (χ2v) is 8.74. The average molecular weight is 431 g/mol. The van der Waals surface area contributed by atoms with Gasteiger partial charge in [0.25, 0.3) is 15.9 Å². The summed E-state index contributed by atoms with van der Waals surface area (Å²) in [5.41, 5.74) is 0.724. The van der Waals surface area contributed by atoms with E-state index in [1.165, 1.54) is 30.3 Å². The number of hydrogen-bond donors (Lipinski definition) is 2. The lowest BCUT2D eigenvalue weighted by atomic mass is 10.1. The Kier molecular flexibility index (Phi) is 6.56. The van der Waals surface area contributed by atoms with Gasteiger partial charge >= 0.3 is 0 Å². The number of sulfonamides is 1. The second kappa shape index (κ2) is 9.13. The molecule has 0 fully saturated rings. The predicted molar refractivity (Wildman–Crippen MR) is 112 cm³/mol. The molecule has 0 radical (unpaired) electrons. The maximum atomic E-state index is 13.8. The van der Waals surface area contributed by atoms with Gasteiger partial charge in [-0.2, -0.15) is 0 Å². The van der Waals surface area contributed by atoms with E-state index in [1.54, 1.807) is 19.3 Å². The van der Waals surface area contributed by atoms with E-state index in [1.807, 2.05) is 19.1 Å². The van der Waals surface area contributed by atoms with Crippen LogP contribution in [0, 0.1) is 12.7 Å². The van der Waals surface area contributed by atoms with Crippen LogP contribution in [0.15, 0.2) is 70.2 Å². The van der Waals surface area contributed by atoms with Gasteiger partial charge in [-0.15, -0.1) is 0 Å². The van der Waals surface area contributed by atoms with Crippen LogP contribution in [0.4, 0.5) is 10.1 Å². The number of benzene rings is 2. The first-order valence-corrected chi connectivity index (χ1v) is 11.0. The molecule has 1 aromatic heterocycles. The van der Waals surface area contributed by atoms with Crippen molar-refractivity contribution in [3.05, 3.63) is 83.6 Å². The molecule has 6 nitrogen and oxygen atoms in total. The molecule has 0 bridgehead atoms. The lowest BCUT2D eigenvalue weighted by Gasteiger charge is -2.15. The normalized spacial score (nSPS) is 12.4. The van der Waals surface area contributed by atoms with E-state index in [0.29, 0.717) is 18.4 Å². The first-order chi connectivity index (χ1) is 14.3. The molecule has 0 aliphatic rings. The number of hydrogen-bond acceptors (Lipinski definition) is 4. The van der Waals surface area contributed by atoms with Crippen molar-refractivity contribution in [3.8, 4) is 0 Å². The monoisotopic (exact) mass is 430 g/mol. The van der Waals surface area contributed by atoms with Crippen LogP contribution in [0.25, 0.3) is 0 Å². The number of carbonyl (C=O) groups is 1. The highest BCUT2D eigenvalue weighted by Gasteiger charge is 2.20. The van der Waals surface area contributed by atoms with Crippen molar-refractivity contribution >= 4 is 21.6 Å². The standard InChI is InChI=1S/C22H23FN2O4S/c1-15-9-12-18(30(27,28)25-21-8-4-3-7-20(21)23)14-19(15)22(26)24-16(2)10-11-17-6-5-13-29-17/h3-9,12-14,16,25H,10-11H2,1-2H3,(H,24,26). The molecule has 1 unspecified atom stereocenters. The minimum absolute atomic E-state index is 0.121. The van der Waals surface area contributed by atoms with Crippen molar-refractivity contribution in [2.45, 2.75) is 37.6 Å². The second-order valence-electron chi connectivity index (χ2n) is 7.05. The molecule has 0 spiro atoms. The summed E-state index contributed by atoms with van der Waals surface area (Å²) < 4.78 is 46.7. The summed E-state index contributed by atoms with van der Waals surface area (Å²) in [5.74, 6) is -0.224. The number of para-hydroxylation sites is 1. The van der Waals surface area contributed by atoms with Crippen molar-refractivity contribution < 1.29 is 22.0 Å². The molecule has 0 saturated carbocycles. The van der Waals surface area contributed by atoms with Crippen LogP contribution in [-0.2, 0) is 16.4 Å². The molecule has 1 amide bonds. The molecule has 1 atom stereocenters. The van der Waals surface area contributed by atoms with E-state index in [9.17, 15) is 17.6 Å². The van der Waals surface area contributed by atoms with Crippen molar-refractivity contribution in [3.63, 3.8) is 0 Å². The lowest BCUT2D eigenvalue weighted by molar-refractivity contribution is 0.0937. The molecule has 0 saturated heterocycles. The number of carbonyl (C=O) groups excluding carboxylic acids is 1. The third kappa shape index (κ3) is 5.27. The SMILES string of the molecule is Cc1ccc(S(=O)(=O)Nc2ccccc2F)cc1C(=O)NC(C)CCc1ccco1. The zero-order valence-electron chi connectivity index (χ0n) is 16.7. The smallest absolute Gasteiger partial charge is 0.262 e. The van der Waals surface area contributed by atoms with Crippen molar-refractivity contribution in [1.29, 1.82) is 0 Å². The molecular formula is C22H23FN2O4S. The summed E-state index contributed by atoms with van der Waals surface area (Å²) in [7, 11) is -4.06. The van der Waals surface area contributed by atoms with Gasteiger partial charge in [0.15, 0.2) is 0 Å². The number of amides is 1. The van der Waals surface area contributed by atoms with Crippen molar-refractivity contribution in [1.82, 2.24) is 5.32 Å². The summed E-state index contributed by atoms with van der Waals surface area (Å²) >= 11 is 0. The lowest BCUT2D eigenvalue weighted by Crippen LogP contribution is -2.33. The van der Waals surface area contributed by atoms with Crippen LogP contribution in [0.3, 0.4) is 0 Å². The van der Waals surface area contributed by atoms with Crippen molar-refractivity contribution in [2.24, 2.45) is 0 Å². The first kappa shape index (κ1) is 21.6. The fourth-order valence-corrected chi connectivity index (χ4v) is 4.04. The number of anilines is 1. The topological polar surface area (TPSA) is 88.4 Å². The largest absolute Gasteiger partial charge is 0.469 e. The van der Waals surface area contributed by atoms with Gasteiger partial charge in [0.1, 0.15) is 11.6 Å². The summed E-state index contributed by atoms with van der Waals surface area (Å²) in [6, 6.07) is 13.3. The van der Waals surface area contributed by atoms with Gasteiger partial charge in [-0.25, -0.2) is 12.8 Å². The number of halogens is 1. The van der Waals surface area contributed by atoms with E-state index in [2.05, 4.69) is 10.0 Å². The fourth-order valence-electron chi connectivity index (χ4n) is 2.95. The van der Waals surface area contributed by atoms with Crippen LogP contribution >= 0.6 is 0 Å². The molecule has 3 aromatic rings. The Bertz CT molecular complexity index is 1130. The van der Waals surface area contributed by atoms with Crippen LogP contribution in [0.2, 0.25) is 0 Å². The maximum Gasteiger partial charge on any atom is 0.262 e. The highest BCUT2D eigenvalue weighted by molar-refractivity contribution is 7.92. The average Bonchev–Trinajstić information content (AvgIpc) is 3.22. The van der Waals surface area contributed by atoms with E-state index >= 15 is 0 Å². The van der Waals surface area contributed by atoms with E-state index < -0.39 is 15.8 Å². The summed E-state index contributed by atoms with van der Waals surface area (Å²) in [4.78, 5) is 12.6. The highest BCUT2D eigenvalue weighted by atomic mass is 32.2. The third-order valence-electron chi connectivity index (χ3n) is 4.66. The molecule has 0 aliphatic heterocycles. The number of aryl methyl sites for hydroxylation is 2. The zero-order chi connectivity index (χ0) is 21.7. The van der Waals surface area contributed by atoms with E-state index in [4.69, 9.17) is 4.42 Å². The zero-order valence-corrected chi connectivity index (χ0v) is 17.5. The number of nitrogens with one attached hydrogen (secondary N) is 2. The Morgan fingerprint density at radius 3 is 2.60 bits per heavy atom. The summed E-state index contributed by atoms with van der Waals surface area (Å²) in [5, 5.41) is 2.88. The van der Waals surface area contributed by atoms with Gasteiger partial charge in [-0.1, -0.05) is 18.2 Å². The third-order valence-corrected chi connectivity index (χ3v) is 6.03. The van der Waals surface area contributed by atoms with Gasteiger partial charge in [0, 0.05) is 18.0 Å². The van der Waals surface area contributed by atoms with Crippen LogP contribution < -0.4 is 10.0 Å². The Labute approximate surface area is 175 Å². The van der Waals surface area contributed by atoms with Crippen LogP contribution in [0.1, 0.15) is 35.0 Å². The molecule has 30 heavy (non-hydrogen) atoms. The van der Waals surface area contributed by atoms with Gasteiger partial charge in [0.2, 0.25) is 0 Å². The summed E-state index contributed by atoms with van der Waals surface area (Å²) in [6.45, 7) is 3.60. The number of rotatable bonds is 8. The molecule has 2 aromatic carbocycles. The minimum Gasteiger partial charge on any atom is -0.469 e. The Morgan fingerprint density at radius 1 is 1.13 bits per heavy atom. The Hall–Kier alpha value is -3.13. The van der Waals surface area contributed by atoms with E-state index in [0.717, 1.165) is 11.8 Å².